The van der Waals surface area contributed by atoms with E-state index in [2.05, 4.69) is 21.6 Å². The number of hydrogen-bond donors (Lipinski definition) is 1. The van der Waals surface area contributed by atoms with Crippen LogP contribution in [0.3, 0.4) is 0 Å². The molecule has 0 aliphatic heterocycles. The van der Waals surface area contributed by atoms with Gasteiger partial charge < -0.3 is 5.32 Å². The molecule has 14 heavy (non-hydrogen) atoms. The van der Waals surface area contributed by atoms with Gasteiger partial charge >= 0.3 is 0 Å². The van der Waals surface area contributed by atoms with Crippen molar-refractivity contribution in [2.45, 2.75) is 6.42 Å². The highest BCUT2D eigenvalue weighted by Gasteiger charge is 2.00. The fraction of sp³-hybridized carbons (Fsp3) is 0.273. The van der Waals surface area contributed by atoms with Crippen molar-refractivity contribution in [3.05, 3.63) is 36.0 Å². The van der Waals surface area contributed by atoms with Gasteiger partial charge in [-0.1, -0.05) is 18.2 Å². The summed E-state index contributed by atoms with van der Waals surface area (Å²) in [5, 5.41) is 12.4. The van der Waals surface area contributed by atoms with Gasteiger partial charge in [0.15, 0.2) is 0 Å². The van der Waals surface area contributed by atoms with E-state index < -0.39 is 0 Å². The van der Waals surface area contributed by atoms with E-state index in [1.807, 2.05) is 31.4 Å². The summed E-state index contributed by atoms with van der Waals surface area (Å²) >= 11 is 0. The summed E-state index contributed by atoms with van der Waals surface area (Å²) in [7, 11) is 1.96. The monoisotopic (exact) mass is 187 g/mol. The van der Waals surface area contributed by atoms with Crippen LogP contribution in [-0.4, -0.2) is 23.8 Å². The summed E-state index contributed by atoms with van der Waals surface area (Å²) in [6, 6.07) is 8.10. The largest absolute Gasteiger partial charge is 0.319 e. The Morgan fingerprint density at radius 2 is 2.14 bits per heavy atom. The standard InChI is InChI=1S/C11H13N3/c1-12-7-6-9-8-13-14-11-5-3-2-4-10(9)11/h2-5,8,12H,6-7H2,1H3. The predicted octanol–water partition coefficient (Wildman–Crippen LogP) is 1.39. The minimum Gasteiger partial charge on any atom is -0.319 e. The highest BCUT2D eigenvalue weighted by molar-refractivity contribution is 5.81. The van der Waals surface area contributed by atoms with Gasteiger partial charge in [0.25, 0.3) is 0 Å². The molecule has 1 aromatic carbocycles. The smallest absolute Gasteiger partial charge is 0.0932 e. The van der Waals surface area contributed by atoms with Gasteiger partial charge in [-0.2, -0.15) is 10.2 Å². The fourth-order valence-corrected chi connectivity index (χ4v) is 1.52. The van der Waals surface area contributed by atoms with E-state index in [-0.39, 0.29) is 0 Å². The molecule has 1 aromatic heterocycles. The van der Waals surface area contributed by atoms with E-state index >= 15 is 0 Å². The molecule has 0 aliphatic carbocycles. The zero-order valence-electron chi connectivity index (χ0n) is 8.20. The Kier molecular flexibility index (Phi) is 2.70. The molecule has 0 radical (unpaired) electrons. The van der Waals surface area contributed by atoms with Crippen molar-refractivity contribution in [1.29, 1.82) is 0 Å². The maximum atomic E-state index is 4.08. The van der Waals surface area contributed by atoms with Crippen molar-refractivity contribution in [2.75, 3.05) is 13.6 Å². The number of hydrogen-bond acceptors (Lipinski definition) is 3. The van der Waals surface area contributed by atoms with Gasteiger partial charge in [-0.3, -0.25) is 0 Å². The van der Waals surface area contributed by atoms with E-state index in [4.69, 9.17) is 0 Å². The second kappa shape index (κ2) is 4.15. The molecule has 0 saturated heterocycles. The molecule has 0 saturated carbocycles. The third-order valence-corrected chi connectivity index (χ3v) is 2.27. The lowest BCUT2D eigenvalue weighted by Gasteiger charge is -2.03. The summed E-state index contributed by atoms with van der Waals surface area (Å²) in [4.78, 5) is 0. The van der Waals surface area contributed by atoms with Crippen LogP contribution in [0.1, 0.15) is 5.56 Å². The first-order chi connectivity index (χ1) is 6.92. The highest BCUT2D eigenvalue weighted by atomic mass is 15.1. The van der Waals surface area contributed by atoms with Gasteiger partial charge in [0, 0.05) is 5.39 Å². The normalized spacial score (nSPS) is 10.6. The minimum absolute atomic E-state index is 0.968. The van der Waals surface area contributed by atoms with Crippen molar-refractivity contribution in [3.63, 3.8) is 0 Å². The Morgan fingerprint density at radius 3 is 3.00 bits per heavy atom. The summed E-state index contributed by atoms with van der Waals surface area (Å²) in [5.41, 5.74) is 2.23. The van der Waals surface area contributed by atoms with E-state index in [0.29, 0.717) is 0 Å². The maximum Gasteiger partial charge on any atom is 0.0932 e. The molecular weight excluding hydrogens is 174 g/mol. The Bertz CT molecular complexity index is 420. The molecule has 0 unspecified atom stereocenters. The summed E-state index contributed by atoms with van der Waals surface area (Å²) in [6.45, 7) is 0.968. The van der Waals surface area contributed by atoms with Crippen molar-refractivity contribution in [1.82, 2.24) is 15.5 Å². The Labute approximate surface area is 83.2 Å². The van der Waals surface area contributed by atoms with Gasteiger partial charge in [0.1, 0.15) is 0 Å². The minimum atomic E-state index is 0.968. The topological polar surface area (TPSA) is 37.8 Å². The summed E-state index contributed by atoms with van der Waals surface area (Å²) in [5.74, 6) is 0. The van der Waals surface area contributed by atoms with Gasteiger partial charge in [0.2, 0.25) is 0 Å². The van der Waals surface area contributed by atoms with Crippen LogP contribution in [0, 0.1) is 0 Å². The van der Waals surface area contributed by atoms with Crippen molar-refractivity contribution < 1.29 is 0 Å². The van der Waals surface area contributed by atoms with Gasteiger partial charge in [0.05, 0.1) is 11.7 Å². The van der Waals surface area contributed by atoms with Crippen LogP contribution < -0.4 is 5.32 Å². The average Bonchev–Trinajstić information content (AvgIpc) is 2.26. The predicted molar refractivity (Wildman–Crippen MR) is 57.2 cm³/mol. The first-order valence-electron chi connectivity index (χ1n) is 4.75. The fourth-order valence-electron chi connectivity index (χ4n) is 1.52. The van der Waals surface area contributed by atoms with Crippen LogP contribution in [-0.2, 0) is 6.42 Å². The van der Waals surface area contributed by atoms with E-state index in [0.717, 1.165) is 18.5 Å². The van der Waals surface area contributed by atoms with Crippen LogP contribution in [0.25, 0.3) is 10.9 Å². The molecular formula is C11H13N3. The molecule has 0 aliphatic rings. The molecule has 0 fully saturated rings. The molecule has 2 rings (SSSR count). The molecule has 1 N–H and O–H groups in total. The van der Waals surface area contributed by atoms with Gasteiger partial charge in [-0.25, -0.2) is 0 Å². The van der Waals surface area contributed by atoms with Crippen LogP contribution >= 0.6 is 0 Å². The van der Waals surface area contributed by atoms with Crippen LogP contribution in [0.2, 0.25) is 0 Å². The Morgan fingerprint density at radius 1 is 1.29 bits per heavy atom. The quantitative estimate of drug-likeness (QED) is 0.789. The zero-order valence-corrected chi connectivity index (χ0v) is 8.20. The van der Waals surface area contributed by atoms with Crippen LogP contribution in [0.15, 0.2) is 30.5 Å². The highest BCUT2D eigenvalue weighted by Crippen LogP contribution is 2.14. The Balaban J connectivity index is 2.43. The number of benzene rings is 1. The van der Waals surface area contributed by atoms with Crippen molar-refractivity contribution in [2.24, 2.45) is 0 Å². The van der Waals surface area contributed by atoms with E-state index in [9.17, 15) is 0 Å². The molecule has 72 valence electrons. The lowest BCUT2D eigenvalue weighted by molar-refractivity contribution is 0.790. The van der Waals surface area contributed by atoms with Gasteiger partial charge in [-0.15, -0.1) is 0 Å². The summed E-state index contributed by atoms with van der Waals surface area (Å²) < 4.78 is 0. The van der Waals surface area contributed by atoms with Gasteiger partial charge in [-0.05, 0) is 31.6 Å². The van der Waals surface area contributed by atoms with Crippen LogP contribution in [0.4, 0.5) is 0 Å². The van der Waals surface area contributed by atoms with Crippen molar-refractivity contribution in [3.8, 4) is 0 Å². The number of likely N-dealkylation sites (N-methyl/N-ethyl adjacent to an activating group) is 1. The first-order valence-corrected chi connectivity index (χ1v) is 4.75. The maximum absolute atomic E-state index is 4.08. The van der Waals surface area contributed by atoms with E-state index in [1.54, 1.807) is 0 Å². The lowest BCUT2D eigenvalue weighted by atomic mass is 10.1. The zero-order chi connectivity index (χ0) is 9.80. The van der Waals surface area contributed by atoms with Crippen molar-refractivity contribution >= 4 is 10.9 Å². The third kappa shape index (κ3) is 1.72. The number of fused-ring (bicyclic) bond motifs is 1. The number of aromatic nitrogens is 2. The lowest BCUT2D eigenvalue weighted by Crippen LogP contribution is -2.10. The Hall–Kier alpha value is -1.48. The number of nitrogens with zero attached hydrogens (tertiary/aromatic N) is 2. The molecule has 3 heteroatoms. The number of rotatable bonds is 3. The average molecular weight is 187 g/mol. The second-order valence-electron chi connectivity index (χ2n) is 3.24. The molecule has 0 spiro atoms. The van der Waals surface area contributed by atoms with E-state index in [1.165, 1.54) is 10.9 Å². The third-order valence-electron chi connectivity index (χ3n) is 2.27. The molecule has 0 atom stereocenters. The molecule has 0 bridgehead atoms. The molecule has 1 heterocycles. The summed E-state index contributed by atoms with van der Waals surface area (Å²) in [6.07, 6.45) is 2.84. The number of nitrogens with one attached hydrogen (secondary N) is 1. The second-order valence-corrected chi connectivity index (χ2v) is 3.24. The molecule has 3 nitrogen and oxygen atoms in total. The molecule has 0 amide bonds. The van der Waals surface area contributed by atoms with Crippen LogP contribution in [0.5, 0.6) is 0 Å². The first kappa shape index (κ1) is 9.09. The molecule has 2 aromatic rings. The SMILES string of the molecule is CNCCc1cnnc2ccccc12.